The molecule has 0 fully saturated rings. The second kappa shape index (κ2) is 4.27. The molecule has 0 unspecified atom stereocenters. The molecule has 0 aliphatic carbocycles. The van der Waals surface area contributed by atoms with Crippen molar-refractivity contribution in [3.05, 3.63) is 48.7 Å². The maximum Gasteiger partial charge on any atom is 0.211 e. The SMILES string of the molecule is c1ccc2c(-c3nnnc4nnncc34)cccc2c1. The third-order valence-corrected chi connectivity index (χ3v) is 3.20. The molecule has 2 aromatic heterocycles. The van der Waals surface area contributed by atoms with Crippen LogP contribution < -0.4 is 0 Å². The zero-order valence-electron chi connectivity index (χ0n) is 10.3. The second-order valence-electron chi connectivity index (χ2n) is 4.34. The first-order valence-electron chi connectivity index (χ1n) is 6.09. The summed E-state index contributed by atoms with van der Waals surface area (Å²) in [6, 6.07) is 14.2. The molecule has 0 saturated heterocycles. The van der Waals surface area contributed by atoms with Gasteiger partial charge in [0.15, 0.2) is 0 Å². The van der Waals surface area contributed by atoms with E-state index in [1.54, 1.807) is 6.20 Å². The Morgan fingerprint density at radius 2 is 1.55 bits per heavy atom. The van der Waals surface area contributed by atoms with Crippen LogP contribution in [0.2, 0.25) is 0 Å². The average molecular weight is 260 g/mol. The van der Waals surface area contributed by atoms with Gasteiger partial charge < -0.3 is 0 Å². The van der Waals surface area contributed by atoms with Gasteiger partial charge in [0.05, 0.1) is 11.6 Å². The predicted molar refractivity (Wildman–Crippen MR) is 73.7 cm³/mol. The monoisotopic (exact) mass is 260 g/mol. The Bertz CT molecular complexity index is 833. The molecule has 2 heterocycles. The molecule has 0 bridgehead atoms. The van der Waals surface area contributed by atoms with Gasteiger partial charge in [-0.2, -0.15) is 0 Å². The van der Waals surface area contributed by atoms with Crippen LogP contribution in [0.3, 0.4) is 0 Å². The third kappa shape index (κ3) is 1.58. The van der Waals surface area contributed by atoms with Gasteiger partial charge in [0, 0.05) is 5.56 Å². The number of rotatable bonds is 1. The van der Waals surface area contributed by atoms with Crippen molar-refractivity contribution < 1.29 is 0 Å². The van der Waals surface area contributed by atoms with Crippen molar-refractivity contribution in [2.75, 3.05) is 0 Å². The molecule has 0 radical (unpaired) electrons. The van der Waals surface area contributed by atoms with Crippen molar-refractivity contribution in [1.29, 1.82) is 0 Å². The van der Waals surface area contributed by atoms with Crippen LogP contribution in [0.25, 0.3) is 33.1 Å². The number of nitrogens with zero attached hydrogens (tertiary/aromatic N) is 6. The molecule has 2 aromatic carbocycles. The first-order chi connectivity index (χ1) is 9.93. The Morgan fingerprint density at radius 1 is 0.700 bits per heavy atom. The summed E-state index contributed by atoms with van der Waals surface area (Å²) in [5, 5.41) is 26.1. The van der Waals surface area contributed by atoms with Gasteiger partial charge in [-0.05, 0) is 21.2 Å². The molecule has 0 N–H and O–H groups in total. The highest BCUT2D eigenvalue weighted by atomic mass is 15.4. The molecular weight excluding hydrogens is 252 g/mol. The third-order valence-electron chi connectivity index (χ3n) is 3.20. The Hall–Kier alpha value is -3.02. The van der Waals surface area contributed by atoms with Crippen LogP contribution in [0.1, 0.15) is 0 Å². The highest BCUT2D eigenvalue weighted by molar-refractivity contribution is 6.01. The van der Waals surface area contributed by atoms with Gasteiger partial charge in [-0.25, -0.2) is 0 Å². The van der Waals surface area contributed by atoms with E-state index >= 15 is 0 Å². The van der Waals surface area contributed by atoms with E-state index in [2.05, 4.69) is 49.0 Å². The van der Waals surface area contributed by atoms with Crippen LogP contribution in [0.5, 0.6) is 0 Å². The minimum absolute atomic E-state index is 0.443. The topological polar surface area (TPSA) is 77.3 Å². The van der Waals surface area contributed by atoms with E-state index in [4.69, 9.17) is 0 Å². The van der Waals surface area contributed by atoms with Crippen molar-refractivity contribution >= 4 is 21.8 Å². The zero-order valence-corrected chi connectivity index (χ0v) is 10.3. The lowest BCUT2D eigenvalue weighted by atomic mass is 10.0. The van der Waals surface area contributed by atoms with Crippen molar-refractivity contribution in [3.8, 4) is 11.3 Å². The van der Waals surface area contributed by atoms with Crippen LogP contribution in [0.4, 0.5) is 0 Å². The largest absolute Gasteiger partial charge is 0.211 e. The lowest BCUT2D eigenvalue weighted by Gasteiger charge is -2.06. The van der Waals surface area contributed by atoms with Gasteiger partial charge in [0.25, 0.3) is 0 Å². The normalized spacial score (nSPS) is 11.0. The molecule has 0 amide bonds. The fraction of sp³-hybridized carbons (Fsp3) is 0. The summed E-state index contributed by atoms with van der Waals surface area (Å²) in [6.45, 7) is 0. The van der Waals surface area contributed by atoms with E-state index in [0.29, 0.717) is 11.3 Å². The minimum Gasteiger partial charge on any atom is -0.138 e. The Balaban J connectivity index is 2.12. The Morgan fingerprint density at radius 3 is 2.55 bits per heavy atom. The smallest absolute Gasteiger partial charge is 0.138 e. The Kier molecular flexibility index (Phi) is 2.32. The molecule has 6 heteroatoms. The first kappa shape index (κ1) is 10.9. The van der Waals surface area contributed by atoms with Gasteiger partial charge in [-0.3, -0.25) is 0 Å². The lowest BCUT2D eigenvalue weighted by Crippen LogP contribution is -1.98. The van der Waals surface area contributed by atoms with E-state index in [0.717, 1.165) is 21.7 Å². The van der Waals surface area contributed by atoms with Crippen LogP contribution in [-0.2, 0) is 0 Å². The quantitative estimate of drug-likeness (QED) is 0.521. The van der Waals surface area contributed by atoms with Crippen molar-refractivity contribution in [2.45, 2.75) is 0 Å². The molecular formula is C14H8N6. The van der Waals surface area contributed by atoms with Crippen molar-refractivity contribution in [1.82, 2.24) is 30.8 Å². The molecule has 0 atom stereocenters. The van der Waals surface area contributed by atoms with Crippen LogP contribution >= 0.6 is 0 Å². The fourth-order valence-electron chi connectivity index (χ4n) is 2.30. The zero-order chi connectivity index (χ0) is 13.4. The molecule has 94 valence electrons. The maximum absolute atomic E-state index is 4.16. The summed E-state index contributed by atoms with van der Waals surface area (Å²) in [4.78, 5) is 0. The molecule has 0 aliphatic rings. The maximum atomic E-state index is 4.16. The van der Waals surface area contributed by atoms with Crippen LogP contribution in [-0.4, -0.2) is 30.8 Å². The van der Waals surface area contributed by atoms with Crippen LogP contribution in [0.15, 0.2) is 48.7 Å². The van der Waals surface area contributed by atoms with Gasteiger partial charge in [0.2, 0.25) is 5.65 Å². The molecule has 0 spiro atoms. The Labute approximate surface area is 113 Å². The highest BCUT2D eigenvalue weighted by Gasteiger charge is 2.11. The average Bonchev–Trinajstić information content (AvgIpc) is 2.54. The first-order valence-corrected chi connectivity index (χ1v) is 6.09. The van der Waals surface area contributed by atoms with E-state index in [1.807, 2.05) is 24.3 Å². The summed E-state index contributed by atoms with van der Waals surface area (Å²) >= 11 is 0. The standard InChI is InChI=1S/C14H8N6/c1-2-6-10-9(4-1)5-3-7-11(10)13-12-8-15-19-17-14(12)18-20-16-13/h1-8H. The summed E-state index contributed by atoms with van der Waals surface area (Å²) in [5.74, 6) is 0. The van der Waals surface area contributed by atoms with Gasteiger partial charge in [-0.1, -0.05) is 42.5 Å². The summed E-state index contributed by atoms with van der Waals surface area (Å²) in [6.07, 6.45) is 1.61. The number of fused-ring (bicyclic) bond motifs is 2. The fourth-order valence-corrected chi connectivity index (χ4v) is 2.30. The summed E-state index contributed by atoms with van der Waals surface area (Å²) < 4.78 is 0. The highest BCUT2D eigenvalue weighted by Crippen LogP contribution is 2.29. The van der Waals surface area contributed by atoms with Crippen molar-refractivity contribution in [2.24, 2.45) is 0 Å². The molecule has 4 rings (SSSR count). The number of benzene rings is 2. The van der Waals surface area contributed by atoms with E-state index in [9.17, 15) is 0 Å². The molecule has 20 heavy (non-hydrogen) atoms. The second-order valence-corrected chi connectivity index (χ2v) is 4.34. The predicted octanol–water partition coefficient (Wildman–Crippen LogP) is 2.03. The van der Waals surface area contributed by atoms with Crippen LogP contribution in [0, 0.1) is 0 Å². The molecule has 4 aromatic rings. The van der Waals surface area contributed by atoms with E-state index < -0.39 is 0 Å². The number of hydrogen-bond donors (Lipinski definition) is 0. The van der Waals surface area contributed by atoms with Gasteiger partial charge in [-0.15, -0.1) is 20.4 Å². The van der Waals surface area contributed by atoms with E-state index in [-0.39, 0.29) is 0 Å². The number of aromatic nitrogens is 6. The summed E-state index contributed by atoms with van der Waals surface area (Å²) in [7, 11) is 0. The molecule has 0 aliphatic heterocycles. The molecule has 0 saturated carbocycles. The van der Waals surface area contributed by atoms with Gasteiger partial charge >= 0.3 is 0 Å². The number of hydrogen-bond acceptors (Lipinski definition) is 6. The molecule has 6 nitrogen and oxygen atoms in total. The van der Waals surface area contributed by atoms with E-state index in [1.165, 1.54) is 0 Å². The minimum atomic E-state index is 0.443. The van der Waals surface area contributed by atoms with Gasteiger partial charge in [0.1, 0.15) is 5.69 Å². The van der Waals surface area contributed by atoms with Crippen molar-refractivity contribution in [3.63, 3.8) is 0 Å². The lowest BCUT2D eigenvalue weighted by molar-refractivity contribution is 0.836. The summed E-state index contributed by atoms with van der Waals surface area (Å²) in [5.41, 5.74) is 2.14.